The Labute approximate surface area is 138 Å². The summed E-state index contributed by atoms with van der Waals surface area (Å²) in [6.07, 6.45) is 7.47. The van der Waals surface area contributed by atoms with E-state index in [1.165, 1.54) is 17.5 Å². The van der Waals surface area contributed by atoms with Crippen molar-refractivity contribution in [2.45, 2.75) is 45.1 Å². The van der Waals surface area contributed by atoms with E-state index in [0.29, 0.717) is 12.3 Å². The van der Waals surface area contributed by atoms with Gasteiger partial charge in [0, 0.05) is 44.4 Å². The van der Waals surface area contributed by atoms with Gasteiger partial charge in [0.1, 0.15) is 0 Å². The zero-order valence-electron chi connectivity index (χ0n) is 13.8. The number of benzene rings is 1. The van der Waals surface area contributed by atoms with Crippen molar-refractivity contribution in [1.29, 1.82) is 0 Å². The number of nitrogens with zero attached hydrogens (tertiary/aromatic N) is 3. The second-order valence-electron chi connectivity index (χ2n) is 6.41. The van der Waals surface area contributed by atoms with Gasteiger partial charge in [-0.05, 0) is 43.4 Å². The summed E-state index contributed by atoms with van der Waals surface area (Å²) in [6, 6.07) is 10.5. The van der Waals surface area contributed by atoms with Crippen LogP contribution in [0.5, 0.6) is 0 Å². The highest BCUT2D eigenvalue weighted by Crippen LogP contribution is 2.29. The fraction of sp³-hybridized carbons (Fsp3) is 0.474. The van der Waals surface area contributed by atoms with Gasteiger partial charge in [0.2, 0.25) is 5.91 Å². The van der Waals surface area contributed by atoms with E-state index >= 15 is 0 Å². The number of amides is 1. The number of hydrogen-bond donors (Lipinski definition) is 0. The van der Waals surface area contributed by atoms with Crippen molar-refractivity contribution < 1.29 is 4.79 Å². The minimum Gasteiger partial charge on any atom is -0.342 e. The third-order valence-electron chi connectivity index (χ3n) is 4.74. The van der Waals surface area contributed by atoms with Crippen LogP contribution in [0.3, 0.4) is 0 Å². The average Bonchev–Trinajstić information content (AvgIpc) is 3.09. The molecule has 1 atom stereocenters. The van der Waals surface area contributed by atoms with Crippen LogP contribution in [-0.4, -0.2) is 33.7 Å². The van der Waals surface area contributed by atoms with Gasteiger partial charge in [-0.3, -0.25) is 9.48 Å². The summed E-state index contributed by atoms with van der Waals surface area (Å²) < 4.78 is 1.89. The van der Waals surface area contributed by atoms with Crippen LogP contribution >= 0.6 is 0 Å². The monoisotopic (exact) mass is 311 g/mol. The van der Waals surface area contributed by atoms with E-state index in [4.69, 9.17) is 0 Å². The van der Waals surface area contributed by atoms with E-state index in [2.05, 4.69) is 41.2 Å². The van der Waals surface area contributed by atoms with Crippen molar-refractivity contribution in [3.63, 3.8) is 0 Å². The van der Waals surface area contributed by atoms with Crippen molar-refractivity contribution >= 4 is 5.91 Å². The first-order valence-corrected chi connectivity index (χ1v) is 8.55. The molecule has 23 heavy (non-hydrogen) atoms. The van der Waals surface area contributed by atoms with Gasteiger partial charge in [-0.2, -0.15) is 5.10 Å². The van der Waals surface area contributed by atoms with Crippen LogP contribution in [0.25, 0.3) is 0 Å². The standard InChI is InChI=1S/C19H25N3O/c1-16-7-2-3-9-18(16)17-8-4-12-21(15-17)19(23)10-5-13-22-14-6-11-20-22/h2-3,6-7,9,11,14,17H,4-5,8,10,12-13,15H2,1H3. The topological polar surface area (TPSA) is 38.1 Å². The SMILES string of the molecule is Cc1ccccc1C1CCCN(C(=O)CCCn2cccn2)C1. The third kappa shape index (κ3) is 4.01. The minimum absolute atomic E-state index is 0.287. The van der Waals surface area contributed by atoms with Crippen LogP contribution < -0.4 is 0 Å². The minimum atomic E-state index is 0.287. The van der Waals surface area contributed by atoms with Gasteiger partial charge in [0.05, 0.1) is 0 Å². The predicted molar refractivity (Wildman–Crippen MR) is 91.2 cm³/mol. The molecule has 0 N–H and O–H groups in total. The second-order valence-corrected chi connectivity index (χ2v) is 6.41. The van der Waals surface area contributed by atoms with Crippen LogP contribution in [0.2, 0.25) is 0 Å². The molecule has 4 nitrogen and oxygen atoms in total. The summed E-state index contributed by atoms with van der Waals surface area (Å²) >= 11 is 0. The number of aromatic nitrogens is 2. The van der Waals surface area contributed by atoms with Gasteiger partial charge < -0.3 is 4.90 Å². The lowest BCUT2D eigenvalue weighted by atomic mass is 9.88. The lowest BCUT2D eigenvalue weighted by Gasteiger charge is -2.33. The number of likely N-dealkylation sites (tertiary alicyclic amines) is 1. The van der Waals surface area contributed by atoms with E-state index in [9.17, 15) is 4.79 Å². The van der Waals surface area contributed by atoms with Gasteiger partial charge in [-0.1, -0.05) is 24.3 Å². The highest BCUT2D eigenvalue weighted by atomic mass is 16.2. The zero-order valence-corrected chi connectivity index (χ0v) is 13.8. The van der Waals surface area contributed by atoms with Crippen molar-refractivity contribution in [1.82, 2.24) is 14.7 Å². The Kier molecular flexibility index (Phi) is 5.11. The summed E-state index contributed by atoms with van der Waals surface area (Å²) in [5, 5.41) is 4.18. The molecular formula is C19H25N3O. The molecule has 2 heterocycles. The van der Waals surface area contributed by atoms with Gasteiger partial charge >= 0.3 is 0 Å². The summed E-state index contributed by atoms with van der Waals surface area (Å²) in [7, 11) is 0. The first-order chi connectivity index (χ1) is 11.2. The number of rotatable bonds is 5. The fourth-order valence-electron chi connectivity index (χ4n) is 3.49. The van der Waals surface area contributed by atoms with Crippen LogP contribution in [0.4, 0.5) is 0 Å². The Morgan fingerprint density at radius 1 is 1.30 bits per heavy atom. The molecule has 0 spiro atoms. The van der Waals surface area contributed by atoms with Gasteiger partial charge in [-0.25, -0.2) is 0 Å². The molecule has 0 bridgehead atoms. The molecule has 0 aliphatic carbocycles. The lowest BCUT2D eigenvalue weighted by molar-refractivity contribution is -0.132. The Hall–Kier alpha value is -2.10. The van der Waals surface area contributed by atoms with Crippen LogP contribution in [0.1, 0.15) is 42.7 Å². The molecule has 0 saturated carbocycles. The van der Waals surface area contributed by atoms with Gasteiger partial charge in [-0.15, -0.1) is 0 Å². The summed E-state index contributed by atoms with van der Waals surface area (Å²) in [5.74, 6) is 0.774. The molecule has 1 fully saturated rings. The molecule has 1 aliphatic rings. The molecular weight excluding hydrogens is 286 g/mol. The fourth-order valence-corrected chi connectivity index (χ4v) is 3.49. The van der Waals surface area contributed by atoms with Crippen molar-refractivity contribution in [3.8, 4) is 0 Å². The summed E-state index contributed by atoms with van der Waals surface area (Å²) in [6.45, 7) is 4.75. The Morgan fingerprint density at radius 3 is 2.96 bits per heavy atom. The normalized spacial score (nSPS) is 18.1. The van der Waals surface area contributed by atoms with Crippen LogP contribution in [0.15, 0.2) is 42.7 Å². The highest BCUT2D eigenvalue weighted by molar-refractivity contribution is 5.76. The Balaban J connectivity index is 1.53. The molecule has 3 rings (SSSR count). The van der Waals surface area contributed by atoms with Gasteiger partial charge in [0.15, 0.2) is 0 Å². The molecule has 1 unspecified atom stereocenters. The number of aryl methyl sites for hydroxylation is 2. The number of piperidine rings is 1. The van der Waals surface area contributed by atoms with E-state index in [-0.39, 0.29) is 5.91 Å². The molecule has 1 aromatic carbocycles. The molecule has 2 aromatic rings. The maximum Gasteiger partial charge on any atom is 0.222 e. The van der Waals surface area contributed by atoms with E-state index in [1.807, 2.05) is 16.9 Å². The third-order valence-corrected chi connectivity index (χ3v) is 4.74. The quantitative estimate of drug-likeness (QED) is 0.849. The molecule has 122 valence electrons. The number of carbonyl (C=O) groups excluding carboxylic acids is 1. The molecule has 4 heteroatoms. The average molecular weight is 311 g/mol. The Morgan fingerprint density at radius 2 is 2.17 bits per heavy atom. The second kappa shape index (κ2) is 7.44. The largest absolute Gasteiger partial charge is 0.342 e. The Bertz CT molecular complexity index is 636. The molecule has 1 aromatic heterocycles. The van der Waals surface area contributed by atoms with Crippen LogP contribution in [0, 0.1) is 6.92 Å². The summed E-state index contributed by atoms with van der Waals surface area (Å²) in [5.41, 5.74) is 2.74. The maximum absolute atomic E-state index is 12.5. The molecule has 0 radical (unpaired) electrons. The molecule has 1 saturated heterocycles. The summed E-state index contributed by atoms with van der Waals surface area (Å²) in [4.78, 5) is 14.5. The first kappa shape index (κ1) is 15.8. The predicted octanol–water partition coefficient (Wildman–Crippen LogP) is 3.38. The van der Waals surface area contributed by atoms with Crippen LogP contribution in [-0.2, 0) is 11.3 Å². The maximum atomic E-state index is 12.5. The molecule has 1 aliphatic heterocycles. The zero-order chi connectivity index (χ0) is 16.1. The number of hydrogen-bond acceptors (Lipinski definition) is 2. The van der Waals surface area contributed by atoms with Crippen molar-refractivity contribution in [3.05, 3.63) is 53.9 Å². The van der Waals surface area contributed by atoms with Crippen molar-refractivity contribution in [2.24, 2.45) is 0 Å². The van der Waals surface area contributed by atoms with E-state index < -0.39 is 0 Å². The first-order valence-electron chi connectivity index (χ1n) is 8.55. The highest BCUT2D eigenvalue weighted by Gasteiger charge is 2.25. The molecule has 1 amide bonds. The smallest absolute Gasteiger partial charge is 0.222 e. The van der Waals surface area contributed by atoms with E-state index in [0.717, 1.165) is 32.5 Å². The van der Waals surface area contributed by atoms with E-state index in [1.54, 1.807) is 6.20 Å². The lowest BCUT2D eigenvalue weighted by Crippen LogP contribution is -2.39. The van der Waals surface area contributed by atoms with Gasteiger partial charge in [0.25, 0.3) is 0 Å². The number of carbonyl (C=O) groups is 1. The van der Waals surface area contributed by atoms with Crippen molar-refractivity contribution in [2.75, 3.05) is 13.1 Å².